The number of aliphatic imine (C=N–C) groups is 1. The molecule has 0 spiro atoms. The van der Waals surface area contributed by atoms with E-state index in [4.69, 9.17) is 14.5 Å². The Morgan fingerprint density at radius 2 is 1.69 bits per heavy atom. The molecule has 2 atom stereocenters. The molecule has 0 bridgehead atoms. The molecular formula is C25H47N5O2. The number of guanidine groups is 1. The normalized spacial score (nSPS) is 29.0. The van der Waals surface area contributed by atoms with Gasteiger partial charge in [-0.15, -0.1) is 0 Å². The SMILES string of the molecule is CCNC(=NCC1(N2CCCCC2)CCCCC1)NCC(C1CCOC1)N1CCOCC1. The molecule has 2 N–H and O–H groups in total. The van der Waals surface area contributed by atoms with E-state index in [-0.39, 0.29) is 5.54 Å². The fourth-order valence-corrected chi connectivity index (χ4v) is 6.28. The Labute approximate surface area is 195 Å². The van der Waals surface area contributed by atoms with Crippen LogP contribution in [0.4, 0.5) is 0 Å². The largest absolute Gasteiger partial charge is 0.381 e. The van der Waals surface area contributed by atoms with Crippen LogP contribution in [0.1, 0.15) is 64.7 Å². The Bertz CT molecular complexity index is 563. The molecule has 32 heavy (non-hydrogen) atoms. The van der Waals surface area contributed by atoms with Crippen LogP contribution in [-0.2, 0) is 9.47 Å². The van der Waals surface area contributed by atoms with Crippen molar-refractivity contribution in [2.75, 3.05) is 72.2 Å². The van der Waals surface area contributed by atoms with Gasteiger partial charge in [-0.2, -0.15) is 0 Å². The molecule has 1 aliphatic carbocycles. The van der Waals surface area contributed by atoms with E-state index in [1.165, 1.54) is 64.5 Å². The van der Waals surface area contributed by atoms with Crippen molar-refractivity contribution in [3.63, 3.8) is 0 Å². The lowest BCUT2D eigenvalue weighted by molar-refractivity contribution is 0.00244. The molecular weight excluding hydrogens is 402 g/mol. The second-order valence-corrected chi connectivity index (χ2v) is 10.2. The molecule has 4 aliphatic rings. The molecule has 3 aliphatic heterocycles. The molecule has 2 unspecified atom stereocenters. The Hall–Kier alpha value is -0.890. The number of hydrogen-bond acceptors (Lipinski definition) is 5. The monoisotopic (exact) mass is 449 g/mol. The van der Waals surface area contributed by atoms with Crippen molar-refractivity contribution < 1.29 is 9.47 Å². The van der Waals surface area contributed by atoms with E-state index < -0.39 is 0 Å². The van der Waals surface area contributed by atoms with E-state index in [1.807, 2.05) is 0 Å². The van der Waals surface area contributed by atoms with Crippen LogP contribution in [0.2, 0.25) is 0 Å². The third kappa shape index (κ3) is 6.37. The topological polar surface area (TPSA) is 61.4 Å². The number of rotatable bonds is 8. The molecule has 0 aromatic carbocycles. The van der Waals surface area contributed by atoms with Crippen molar-refractivity contribution in [1.82, 2.24) is 20.4 Å². The molecule has 0 aromatic heterocycles. The number of nitrogens with one attached hydrogen (secondary N) is 2. The molecule has 0 aromatic rings. The van der Waals surface area contributed by atoms with Gasteiger partial charge in [0.2, 0.25) is 0 Å². The Kier molecular flexibility index (Phi) is 9.50. The fraction of sp³-hybridized carbons (Fsp3) is 0.960. The van der Waals surface area contributed by atoms with Crippen LogP contribution in [0, 0.1) is 5.92 Å². The summed E-state index contributed by atoms with van der Waals surface area (Å²) in [5.74, 6) is 1.59. The van der Waals surface area contributed by atoms with Gasteiger partial charge in [-0.05, 0) is 52.1 Å². The van der Waals surface area contributed by atoms with Crippen LogP contribution in [0.15, 0.2) is 4.99 Å². The molecule has 184 valence electrons. The first kappa shape index (κ1) is 24.2. The summed E-state index contributed by atoms with van der Waals surface area (Å²) in [5.41, 5.74) is 0.282. The first-order chi connectivity index (χ1) is 15.8. The molecule has 3 heterocycles. The van der Waals surface area contributed by atoms with Gasteiger partial charge in [0.1, 0.15) is 0 Å². The van der Waals surface area contributed by atoms with E-state index in [0.29, 0.717) is 12.0 Å². The summed E-state index contributed by atoms with van der Waals surface area (Å²) in [7, 11) is 0. The van der Waals surface area contributed by atoms with Crippen LogP contribution in [-0.4, -0.2) is 99.6 Å². The Morgan fingerprint density at radius 1 is 0.938 bits per heavy atom. The Balaban J connectivity index is 1.41. The van der Waals surface area contributed by atoms with Gasteiger partial charge in [-0.1, -0.05) is 25.7 Å². The second-order valence-electron chi connectivity index (χ2n) is 10.2. The van der Waals surface area contributed by atoms with Crippen LogP contribution < -0.4 is 10.6 Å². The number of ether oxygens (including phenoxy) is 2. The van der Waals surface area contributed by atoms with Gasteiger partial charge < -0.3 is 20.1 Å². The average Bonchev–Trinajstić information content (AvgIpc) is 3.39. The predicted octanol–water partition coefficient (Wildman–Crippen LogP) is 2.47. The van der Waals surface area contributed by atoms with Gasteiger partial charge in [0.05, 0.1) is 26.4 Å². The zero-order chi connectivity index (χ0) is 22.1. The lowest BCUT2D eigenvalue weighted by Crippen LogP contribution is -2.55. The summed E-state index contributed by atoms with van der Waals surface area (Å²) in [4.78, 5) is 10.6. The number of hydrogen-bond donors (Lipinski definition) is 2. The first-order valence-corrected chi connectivity index (χ1v) is 13.5. The summed E-state index contributed by atoms with van der Waals surface area (Å²) < 4.78 is 11.4. The van der Waals surface area contributed by atoms with Crippen molar-refractivity contribution in [3.05, 3.63) is 0 Å². The lowest BCUT2D eigenvalue weighted by atomic mass is 9.79. The van der Waals surface area contributed by atoms with Crippen LogP contribution in [0.3, 0.4) is 0 Å². The highest BCUT2D eigenvalue weighted by Crippen LogP contribution is 2.36. The maximum absolute atomic E-state index is 5.75. The highest BCUT2D eigenvalue weighted by atomic mass is 16.5. The van der Waals surface area contributed by atoms with Crippen molar-refractivity contribution >= 4 is 5.96 Å². The lowest BCUT2D eigenvalue weighted by Gasteiger charge is -2.47. The minimum Gasteiger partial charge on any atom is -0.381 e. The third-order valence-corrected chi connectivity index (χ3v) is 8.19. The van der Waals surface area contributed by atoms with Crippen LogP contribution in [0.25, 0.3) is 0 Å². The Morgan fingerprint density at radius 3 is 2.38 bits per heavy atom. The summed E-state index contributed by atoms with van der Waals surface area (Å²) in [5, 5.41) is 7.27. The number of morpholine rings is 1. The third-order valence-electron chi connectivity index (χ3n) is 8.19. The summed E-state index contributed by atoms with van der Waals surface area (Å²) in [6, 6.07) is 0.482. The van der Waals surface area contributed by atoms with E-state index >= 15 is 0 Å². The average molecular weight is 450 g/mol. The molecule has 0 amide bonds. The molecule has 4 fully saturated rings. The smallest absolute Gasteiger partial charge is 0.191 e. The summed E-state index contributed by atoms with van der Waals surface area (Å²) >= 11 is 0. The van der Waals surface area contributed by atoms with Gasteiger partial charge >= 0.3 is 0 Å². The van der Waals surface area contributed by atoms with Crippen molar-refractivity contribution in [1.29, 1.82) is 0 Å². The molecule has 7 nitrogen and oxygen atoms in total. The predicted molar refractivity (Wildman–Crippen MR) is 130 cm³/mol. The minimum atomic E-state index is 0.282. The standard InChI is InChI=1S/C25H47N5O2/c1-2-26-24(27-19-23(22-9-16-32-20-22)29-14-17-31-18-15-29)28-21-25(10-5-3-6-11-25)30-12-7-4-8-13-30/h22-23H,2-21H2,1H3,(H2,26,27,28). The van der Waals surface area contributed by atoms with Crippen molar-refractivity contribution in [3.8, 4) is 0 Å². The molecule has 1 saturated carbocycles. The van der Waals surface area contributed by atoms with Crippen LogP contribution in [0.5, 0.6) is 0 Å². The minimum absolute atomic E-state index is 0.282. The van der Waals surface area contributed by atoms with Gasteiger partial charge in [-0.3, -0.25) is 14.8 Å². The fourth-order valence-electron chi connectivity index (χ4n) is 6.28. The highest BCUT2D eigenvalue weighted by molar-refractivity contribution is 5.79. The van der Waals surface area contributed by atoms with Gasteiger partial charge in [0.25, 0.3) is 0 Å². The molecule has 3 saturated heterocycles. The van der Waals surface area contributed by atoms with E-state index in [9.17, 15) is 0 Å². The van der Waals surface area contributed by atoms with Gasteiger partial charge in [0, 0.05) is 50.3 Å². The van der Waals surface area contributed by atoms with Crippen molar-refractivity contribution in [2.24, 2.45) is 10.9 Å². The number of piperidine rings is 1. The molecule has 7 heteroatoms. The number of likely N-dealkylation sites (tertiary alicyclic amines) is 1. The maximum Gasteiger partial charge on any atom is 0.191 e. The molecule has 0 radical (unpaired) electrons. The van der Waals surface area contributed by atoms with E-state index in [1.54, 1.807) is 0 Å². The quantitative estimate of drug-likeness (QED) is 0.439. The number of nitrogens with zero attached hydrogens (tertiary/aromatic N) is 3. The maximum atomic E-state index is 5.75. The van der Waals surface area contributed by atoms with Gasteiger partial charge in [-0.25, -0.2) is 0 Å². The molecule has 4 rings (SSSR count). The van der Waals surface area contributed by atoms with Crippen molar-refractivity contribution in [2.45, 2.75) is 76.3 Å². The first-order valence-electron chi connectivity index (χ1n) is 13.5. The highest BCUT2D eigenvalue weighted by Gasteiger charge is 2.38. The summed E-state index contributed by atoms with van der Waals surface area (Å²) in [6.45, 7) is 13.0. The van der Waals surface area contributed by atoms with Crippen LogP contribution >= 0.6 is 0 Å². The van der Waals surface area contributed by atoms with E-state index in [0.717, 1.165) is 71.5 Å². The van der Waals surface area contributed by atoms with Gasteiger partial charge in [0.15, 0.2) is 5.96 Å². The zero-order valence-corrected chi connectivity index (χ0v) is 20.5. The van der Waals surface area contributed by atoms with E-state index in [2.05, 4.69) is 27.4 Å². The summed E-state index contributed by atoms with van der Waals surface area (Å²) in [6.07, 6.45) is 12.0. The second kappa shape index (κ2) is 12.5. The zero-order valence-electron chi connectivity index (χ0n) is 20.5.